The molecule has 16 heavy (non-hydrogen) atoms. The number of hydrogen-bond donors (Lipinski definition) is 0. The lowest BCUT2D eigenvalue weighted by molar-refractivity contribution is -0.138. The molecule has 0 aromatic carbocycles. The number of Topliss-reactive ketones (excluding diaryl/α,β-unsaturated/α-hetero) is 1. The Morgan fingerprint density at radius 1 is 1.25 bits per heavy atom. The van der Waals surface area contributed by atoms with Crippen molar-refractivity contribution >= 4 is 5.78 Å². The minimum atomic E-state index is -0.222. The molecule has 0 aliphatic carbocycles. The van der Waals surface area contributed by atoms with E-state index in [-0.39, 0.29) is 10.8 Å². The first-order chi connectivity index (χ1) is 7.17. The summed E-state index contributed by atoms with van der Waals surface area (Å²) in [6.07, 6.45) is 1.91. The Morgan fingerprint density at radius 3 is 2.00 bits per heavy atom. The Morgan fingerprint density at radius 2 is 1.69 bits per heavy atom. The van der Waals surface area contributed by atoms with E-state index < -0.39 is 0 Å². The molecule has 0 aromatic rings. The summed E-state index contributed by atoms with van der Waals surface area (Å²) in [5.74, 6) is 0.404. The van der Waals surface area contributed by atoms with Crippen LogP contribution in [-0.4, -0.2) is 23.8 Å². The van der Waals surface area contributed by atoms with Crippen molar-refractivity contribution in [1.29, 1.82) is 0 Å². The van der Waals surface area contributed by atoms with Crippen molar-refractivity contribution in [3.05, 3.63) is 12.3 Å². The van der Waals surface area contributed by atoms with Crippen LogP contribution in [0.1, 0.15) is 47.5 Å². The molecule has 2 nitrogen and oxygen atoms in total. The summed E-state index contributed by atoms with van der Waals surface area (Å²) in [6.45, 7) is 16.1. The topological polar surface area (TPSA) is 20.3 Å². The van der Waals surface area contributed by atoms with Crippen molar-refractivity contribution in [2.45, 2.75) is 47.5 Å². The van der Waals surface area contributed by atoms with Gasteiger partial charge in [0.2, 0.25) is 0 Å². The predicted octanol–water partition coefficient (Wildman–Crippen LogP) is 3.24. The van der Waals surface area contributed by atoms with Crippen LogP contribution in [0.25, 0.3) is 0 Å². The van der Waals surface area contributed by atoms with Gasteiger partial charge >= 0.3 is 0 Å². The Bertz CT molecular complexity index is 290. The van der Waals surface area contributed by atoms with Crippen molar-refractivity contribution in [2.24, 2.45) is 10.8 Å². The van der Waals surface area contributed by atoms with Crippen molar-refractivity contribution < 1.29 is 4.79 Å². The number of ketones is 1. The van der Waals surface area contributed by atoms with Crippen LogP contribution in [0, 0.1) is 10.8 Å². The van der Waals surface area contributed by atoms with E-state index in [1.165, 1.54) is 0 Å². The summed E-state index contributed by atoms with van der Waals surface area (Å²) in [4.78, 5) is 14.7. The molecular formula is C14H25NO. The monoisotopic (exact) mass is 223 g/mol. The number of allylic oxidation sites excluding steroid dienone is 1. The van der Waals surface area contributed by atoms with Gasteiger partial charge < -0.3 is 4.90 Å². The Labute approximate surface area is 99.7 Å². The minimum Gasteiger partial charge on any atom is -0.375 e. The van der Waals surface area contributed by atoms with Crippen LogP contribution < -0.4 is 0 Å². The minimum absolute atomic E-state index is 0.135. The van der Waals surface area contributed by atoms with E-state index in [1.54, 1.807) is 0 Å². The zero-order chi connectivity index (χ0) is 12.6. The maximum atomic E-state index is 12.4. The molecule has 0 aromatic heterocycles. The van der Waals surface area contributed by atoms with Gasteiger partial charge in [-0.2, -0.15) is 0 Å². The molecule has 1 heterocycles. The molecule has 0 amide bonds. The number of carbonyl (C=O) groups excluding carboxylic acids is 1. The van der Waals surface area contributed by atoms with Gasteiger partial charge in [0.15, 0.2) is 0 Å². The standard InChI is InChI=1S/C14H25NO/c1-11(2)15-9-7-14(6,8-10-15)12(16)13(3,4)5/h1,7-10H2,2-6H3. The fraction of sp³-hybridized carbons (Fsp3) is 0.786. The van der Waals surface area contributed by atoms with E-state index in [0.29, 0.717) is 5.78 Å². The number of rotatable bonds is 2. The number of carbonyl (C=O) groups is 1. The lowest BCUT2D eigenvalue weighted by Gasteiger charge is -2.42. The summed E-state index contributed by atoms with van der Waals surface area (Å²) in [5.41, 5.74) is 0.759. The molecule has 0 unspecified atom stereocenters. The first-order valence-corrected chi connectivity index (χ1v) is 6.12. The molecule has 1 rings (SSSR count). The summed E-state index contributed by atoms with van der Waals surface area (Å²) in [5, 5.41) is 0. The lowest BCUT2D eigenvalue weighted by Crippen LogP contribution is -2.45. The van der Waals surface area contributed by atoms with Crippen LogP contribution in [-0.2, 0) is 4.79 Å². The summed E-state index contributed by atoms with van der Waals surface area (Å²) in [7, 11) is 0. The molecule has 1 fully saturated rings. The number of likely N-dealkylation sites (tertiary alicyclic amines) is 1. The fourth-order valence-electron chi connectivity index (χ4n) is 2.51. The maximum Gasteiger partial charge on any atom is 0.144 e. The van der Waals surface area contributed by atoms with Crippen LogP contribution in [0.15, 0.2) is 12.3 Å². The predicted molar refractivity (Wildman–Crippen MR) is 68.2 cm³/mol. The Balaban J connectivity index is 2.70. The van der Waals surface area contributed by atoms with Gasteiger partial charge in [-0.05, 0) is 19.8 Å². The van der Waals surface area contributed by atoms with E-state index in [4.69, 9.17) is 0 Å². The van der Waals surface area contributed by atoms with Crippen LogP contribution in [0.3, 0.4) is 0 Å². The third kappa shape index (κ3) is 2.66. The highest BCUT2D eigenvalue weighted by atomic mass is 16.1. The van der Waals surface area contributed by atoms with Crippen molar-refractivity contribution in [2.75, 3.05) is 13.1 Å². The normalized spacial score (nSPS) is 20.7. The molecule has 1 aliphatic heterocycles. The molecule has 1 saturated heterocycles. The van der Waals surface area contributed by atoms with Crippen LogP contribution in [0.2, 0.25) is 0 Å². The van der Waals surface area contributed by atoms with E-state index in [2.05, 4.69) is 18.4 Å². The molecule has 0 radical (unpaired) electrons. The molecule has 0 N–H and O–H groups in total. The second-order valence-corrected chi connectivity index (χ2v) is 6.36. The first kappa shape index (κ1) is 13.3. The zero-order valence-corrected chi connectivity index (χ0v) is 11.4. The number of piperidine rings is 1. The van der Waals surface area contributed by atoms with Gasteiger partial charge in [0.1, 0.15) is 5.78 Å². The van der Waals surface area contributed by atoms with Crippen molar-refractivity contribution in [1.82, 2.24) is 4.90 Å². The molecular weight excluding hydrogens is 198 g/mol. The average molecular weight is 223 g/mol. The summed E-state index contributed by atoms with van der Waals surface area (Å²) < 4.78 is 0. The van der Waals surface area contributed by atoms with E-state index >= 15 is 0 Å². The molecule has 0 spiro atoms. The van der Waals surface area contributed by atoms with Gasteiger partial charge in [0, 0.05) is 29.6 Å². The van der Waals surface area contributed by atoms with Crippen LogP contribution >= 0.6 is 0 Å². The van der Waals surface area contributed by atoms with E-state index in [9.17, 15) is 4.79 Å². The van der Waals surface area contributed by atoms with Crippen LogP contribution in [0.4, 0.5) is 0 Å². The highest BCUT2D eigenvalue weighted by molar-refractivity contribution is 5.89. The Hall–Kier alpha value is -0.790. The molecule has 0 saturated carbocycles. The second kappa shape index (κ2) is 4.23. The van der Waals surface area contributed by atoms with E-state index in [1.807, 2.05) is 27.7 Å². The summed E-state index contributed by atoms with van der Waals surface area (Å²) in [6, 6.07) is 0. The third-order valence-electron chi connectivity index (χ3n) is 3.64. The Kier molecular flexibility index (Phi) is 3.51. The van der Waals surface area contributed by atoms with Crippen molar-refractivity contribution in [3.8, 4) is 0 Å². The molecule has 2 heteroatoms. The molecule has 0 bridgehead atoms. The molecule has 92 valence electrons. The first-order valence-electron chi connectivity index (χ1n) is 6.12. The highest BCUT2D eigenvalue weighted by Crippen LogP contribution is 2.38. The smallest absolute Gasteiger partial charge is 0.144 e. The van der Waals surface area contributed by atoms with Gasteiger partial charge in [-0.25, -0.2) is 0 Å². The quantitative estimate of drug-likeness (QED) is 0.716. The fourth-order valence-corrected chi connectivity index (χ4v) is 2.51. The number of hydrogen-bond acceptors (Lipinski definition) is 2. The largest absolute Gasteiger partial charge is 0.375 e. The zero-order valence-electron chi connectivity index (χ0n) is 11.4. The second-order valence-electron chi connectivity index (χ2n) is 6.36. The SMILES string of the molecule is C=C(C)N1CCC(C)(C(=O)C(C)(C)C)CC1. The van der Waals surface area contributed by atoms with E-state index in [0.717, 1.165) is 31.6 Å². The molecule has 1 aliphatic rings. The highest BCUT2D eigenvalue weighted by Gasteiger charge is 2.41. The van der Waals surface area contributed by atoms with Gasteiger partial charge in [-0.1, -0.05) is 34.3 Å². The van der Waals surface area contributed by atoms with Gasteiger partial charge in [0.25, 0.3) is 0 Å². The molecule has 0 atom stereocenters. The van der Waals surface area contributed by atoms with Gasteiger partial charge in [-0.3, -0.25) is 4.79 Å². The lowest BCUT2D eigenvalue weighted by atomic mass is 9.68. The maximum absolute atomic E-state index is 12.4. The van der Waals surface area contributed by atoms with Gasteiger partial charge in [-0.15, -0.1) is 0 Å². The van der Waals surface area contributed by atoms with Crippen molar-refractivity contribution in [3.63, 3.8) is 0 Å². The van der Waals surface area contributed by atoms with Gasteiger partial charge in [0.05, 0.1) is 0 Å². The summed E-state index contributed by atoms with van der Waals surface area (Å²) >= 11 is 0. The third-order valence-corrected chi connectivity index (χ3v) is 3.64. The number of nitrogens with zero attached hydrogens (tertiary/aromatic N) is 1. The van der Waals surface area contributed by atoms with Crippen LogP contribution in [0.5, 0.6) is 0 Å². The average Bonchev–Trinajstić information content (AvgIpc) is 2.16.